The van der Waals surface area contributed by atoms with E-state index < -0.39 is 0 Å². The van der Waals surface area contributed by atoms with Gasteiger partial charge in [0.25, 0.3) is 0 Å². The molecule has 0 radical (unpaired) electrons. The zero-order valence-corrected chi connectivity index (χ0v) is 34.7. The quantitative estimate of drug-likeness (QED) is 0.165. The highest BCUT2D eigenvalue weighted by molar-refractivity contribution is 7.01. The minimum absolute atomic E-state index is 0.0644. The highest BCUT2D eigenvalue weighted by Crippen LogP contribution is 2.46. The van der Waals surface area contributed by atoms with Gasteiger partial charge in [-0.2, -0.15) is 0 Å². The molecule has 284 valence electrons. The molecule has 59 heavy (non-hydrogen) atoms. The van der Waals surface area contributed by atoms with Gasteiger partial charge in [0.05, 0.1) is 5.69 Å². The third-order valence-electron chi connectivity index (χ3n) is 12.9. The Labute approximate surface area is 348 Å². The molecule has 0 saturated heterocycles. The fourth-order valence-electron chi connectivity index (χ4n) is 9.89. The lowest BCUT2D eigenvalue weighted by Crippen LogP contribution is -2.59. The number of benzene rings is 9. The number of rotatable bonds is 4. The number of fused-ring (bicyclic) bond motifs is 6. The predicted octanol–water partition coefficient (Wildman–Crippen LogP) is 13.5. The minimum Gasteiger partial charge on any atom is -0.311 e. The second kappa shape index (κ2) is 13.0. The van der Waals surface area contributed by atoms with E-state index >= 15 is 0 Å². The van der Waals surface area contributed by atoms with Crippen LogP contribution in [0.1, 0.15) is 52.7 Å². The normalized spacial score (nSPS) is 13.2. The van der Waals surface area contributed by atoms with Gasteiger partial charge >= 0.3 is 0 Å². The van der Waals surface area contributed by atoms with Gasteiger partial charge in [-0.1, -0.05) is 168 Å². The molecule has 2 nitrogen and oxygen atoms in total. The Morgan fingerprint density at radius 3 is 1.68 bits per heavy atom. The summed E-state index contributed by atoms with van der Waals surface area (Å²) >= 11 is 0. The van der Waals surface area contributed by atoms with Gasteiger partial charge in [-0.3, -0.25) is 0 Å². The molecule has 11 rings (SSSR count). The minimum atomic E-state index is 0.0644. The summed E-state index contributed by atoms with van der Waals surface area (Å²) in [5.74, 6) is 0. The molecule has 0 aromatic heterocycles. The van der Waals surface area contributed by atoms with Gasteiger partial charge in [-0.15, -0.1) is 0 Å². The number of nitrogens with zero attached hydrogens (tertiary/aromatic N) is 2. The molecule has 0 amide bonds. The van der Waals surface area contributed by atoms with Crippen LogP contribution in [0.3, 0.4) is 0 Å². The molecule has 9 aromatic carbocycles. The highest BCUT2D eigenvalue weighted by atomic mass is 15.2. The van der Waals surface area contributed by atoms with Gasteiger partial charge in [0, 0.05) is 33.8 Å². The van der Waals surface area contributed by atoms with Crippen LogP contribution in [0, 0.1) is 0 Å². The summed E-state index contributed by atoms with van der Waals surface area (Å²) < 4.78 is 0. The average Bonchev–Trinajstić information content (AvgIpc) is 3.24. The fraction of sp³-hybridized carbons (Fsp3) is 0.143. The van der Waals surface area contributed by atoms with Crippen molar-refractivity contribution in [1.29, 1.82) is 0 Å². The number of anilines is 6. The predicted molar refractivity (Wildman–Crippen MR) is 256 cm³/mol. The first-order chi connectivity index (χ1) is 28.5. The van der Waals surface area contributed by atoms with Crippen LogP contribution >= 0.6 is 0 Å². The van der Waals surface area contributed by atoms with Crippen molar-refractivity contribution in [3.8, 4) is 11.1 Å². The van der Waals surface area contributed by atoms with Crippen LogP contribution in [0.15, 0.2) is 176 Å². The Balaban J connectivity index is 1.17. The maximum absolute atomic E-state index is 2.52. The van der Waals surface area contributed by atoms with Gasteiger partial charge in [0.1, 0.15) is 0 Å². The van der Waals surface area contributed by atoms with E-state index in [0.717, 1.165) is 11.4 Å². The monoisotopic (exact) mass is 758 g/mol. The van der Waals surface area contributed by atoms with E-state index in [1.807, 2.05) is 0 Å². The van der Waals surface area contributed by atoms with Gasteiger partial charge in [0.2, 0.25) is 6.71 Å². The molecule has 0 saturated carbocycles. The van der Waals surface area contributed by atoms with Gasteiger partial charge in [-0.25, -0.2) is 0 Å². The second-order valence-corrected chi connectivity index (χ2v) is 18.6. The molecule has 0 fully saturated rings. The molecular weight excluding hydrogens is 711 g/mol. The van der Waals surface area contributed by atoms with Crippen LogP contribution in [-0.2, 0) is 10.8 Å². The lowest BCUT2D eigenvalue weighted by Gasteiger charge is -2.41. The van der Waals surface area contributed by atoms with Crippen molar-refractivity contribution in [3.63, 3.8) is 0 Å². The fourth-order valence-corrected chi connectivity index (χ4v) is 9.89. The maximum atomic E-state index is 2.52. The summed E-state index contributed by atoms with van der Waals surface area (Å²) in [6.07, 6.45) is 0. The summed E-state index contributed by atoms with van der Waals surface area (Å²) in [5, 5.41) is 7.60. The number of hydrogen-bond acceptors (Lipinski definition) is 2. The van der Waals surface area contributed by atoms with E-state index in [1.165, 1.54) is 93.7 Å². The van der Waals surface area contributed by atoms with Crippen LogP contribution in [0.5, 0.6) is 0 Å². The van der Waals surface area contributed by atoms with Crippen LogP contribution in [0.25, 0.3) is 43.4 Å². The van der Waals surface area contributed by atoms with Crippen molar-refractivity contribution in [2.75, 3.05) is 9.80 Å². The molecular formula is C56H47BN2. The molecule has 3 heteroatoms. The first-order valence-corrected chi connectivity index (χ1v) is 21.0. The Hall–Kier alpha value is -6.58. The molecule has 2 aliphatic heterocycles. The average molecular weight is 759 g/mol. The molecule has 0 unspecified atom stereocenters. The van der Waals surface area contributed by atoms with Crippen molar-refractivity contribution in [2.24, 2.45) is 0 Å². The van der Waals surface area contributed by atoms with Crippen LogP contribution in [-0.4, -0.2) is 6.71 Å². The summed E-state index contributed by atoms with van der Waals surface area (Å²) in [6.45, 7) is 13.8. The summed E-state index contributed by atoms with van der Waals surface area (Å²) in [7, 11) is 0. The Morgan fingerprint density at radius 2 is 1.03 bits per heavy atom. The van der Waals surface area contributed by atoms with E-state index in [9.17, 15) is 0 Å². The van der Waals surface area contributed by atoms with E-state index in [0.29, 0.717) is 0 Å². The standard InChI is InChI=1S/C56H47BN2/c1-55(2,3)40-22-27-42(28-23-40)58(43-29-24-41(25-30-43)56(4,5)6)50-32-31-45-46-17-12-20-51-54(46)57(48-19-11-18-47(50)53(45)48)49-34-38-15-9-10-16-39(38)35-52(49)59(51)44-26-21-36-13-7-8-14-37(36)33-44/h7-35H,1-6H3. The SMILES string of the molecule is CC(C)(C)c1ccc(N(c2ccc(C(C)(C)C)cc2)c2ccc3c4c(cccc24)B2c4cc5ccccc5cc4N(c4ccc5ccccc5c4)c4cccc-3c42)cc1. The van der Waals surface area contributed by atoms with Gasteiger partial charge in [-0.05, 0) is 126 Å². The van der Waals surface area contributed by atoms with Crippen molar-refractivity contribution in [3.05, 3.63) is 187 Å². The van der Waals surface area contributed by atoms with Gasteiger partial charge < -0.3 is 9.80 Å². The Morgan fingerprint density at radius 1 is 0.441 bits per heavy atom. The van der Waals surface area contributed by atoms with Crippen LogP contribution < -0.4 is 26.2 Å². The molecule has 0 N–H and O–H groups in total. The number of hydrogen-bond donors (Lipinski definition) is 0. The summed E-state index contributed by atoms with van der Waals surface area (Å²) in [6, 6.07) is 66.5. The van der Waals surface area contributed by atoms with E-state index in [2.05, 4.69) is 227 Å². The molecule has 2 heterocycles. The molecule has 0 bridgehead atoms. The van der Waals surface area contributed by atoms with Crippen LogP contribution in [0.4, 0.5) is 34.1 Å². The zero-order valence-electron chi connectivity index (χ0n) is 34.7. The van der Waals surface area contributed by atoms with Crippen LogP contribution in [0.2, 0.25) is 0 Å². The first kappa shape index (κ1) is 35.6. The molecule has 9 aromatic rings. The zero-order chi connectivity index (χ0) is 40.2. The third-order valence-corrected chi connectivity index (χ3v) is 12.9. The van der Waals surface area contributed by atoms with E-state index in [1.54, 1.807) is 0 Å². The largest absolute Gasteiger partial charge is 0.311 e. The first-order valence-electron chi connectivity index (χ1n) is 21.0. The summed E-state index contributed by atoms with van der Waals surface area (Å²) in [5.41, 5.74) is 16.6. The van der Waals surface area contributed by atoms with E-state index in [-0.39, 0.29) is 17.5 Å². The second-order valence-electron chi connectivity index (χ2n) is 18.6. The summed E-state index contributed by atoms with van der Waals surface area (Å²) in [4.78, 5) is 4.99. The van der Waals surface area contributed by atoms with Crippen molar-refractivity contribution in [2.45, 2.75) is 52.4 Å². The Kier molecular flexibility index (Phi) is 7.82. The van der Waals surface area contributed by atoms with E-state index in [4.69, 9.17) is 0 Å². The molecule has 0 atom stereocenters. The topological polar surface area (TPSA) is 6.48 Å². The maximum Gasteiger partial charge on any atom is 0.248 e. The smallest absolute Gasteiger partial charge is 0.248 e. The lowest BCUT2D eigenvalue weighted by molar-refractivity contribution is 0.590. The van der Waals surface area contributed by atoms with Gasteiger partial charge in [0.15, 0.2) is 0 Å². The molecule has 2 aliphatic rings. The van der Waals surface area contributed by atoms with Crippen molar-refractivity contribution < 1.29 is 0 Å². The lowest BCUT2D eigenvalue weighted by atomic mass is 9.32. The van der Waals surface area contributed by atoms with Crippen molar-refractivity contribution in [1.82, 2.24) is 0 Å². The Bertz CT molecular complexity index is 3070. The third kappa shape index (κ3) is 5.63. The highest BCUT2D eigenvalue weighted by Gasteiger charge is 2.41. The molecule has 0 spiro atoms. The molecule has 0 aliphatic carbocycles. The van der Waals surface area contributed by atoms with Crippen molar-refractivity contribution >= 4 is 89.5 Å².